The van der Waals surface area contributed by atoms with Gasteiger partial charge in [0, 0.05) is 6.20 Å². The number of hydrogen-bond acceptors (Lipinski definition) is 2. The predicted octanol–water partition coefficient (Wildman–Crippen LogP) is 4.98. The fourth-order valence-corrected chi connectivity index (χ4v) is 2.61. The standard InChI is InChI=1S/C20H28N2/c1-6-9-11-16(4)15-17(5)18(8-3)19-12-10-13-20(19)22(21)14-7-2/h6-14,20H,3,15,21H2,1-2,4-5H3/b9-6-,14-7-,16-11+,18-17+. The zero-order valence-electron chi connectivity index (χ0n) is 14.2. The van der Waals surface area contributed by atoms with Crippen LogP contribution in [0.15, 0.2) is 83.7 Å². The fourth-order valence-electron chi connectivity index (χ4n) is 2.61. The van der Waals surface area contributed by atoms with Gasteiger partial charge in [-0.3, -0.25) is 0 Å². The number of nitrogens with zero attached hydrogens (tertiary/aromatic N) is 1. The van der Waals surface area contributed by atoms with Crippen LogP contribution in [0.3, 0.4) is 0 Å². The molecule has 0 radical (unpaired) electrons. The molecular weight excluding hydrogens is 268 g/mol. The maximum Gasteiger partial charge on any atom is 0.0884 e. The zero-order valence-corrected chi connectivity index (χ0v) is 14.2. The van der Waals surface area contributed by atoms with Crippen LogP contribution in [-0.4, -0.2) is 11.1 Å². The summed E-state index contributed by atoms with van der Waals surface area (Å²) < 4.78 is 0. The highest BCUT2D eigenvalue weighted by Gasteiger charge is 2.21. The molecule has 0 fully saturated rings. The van der Waals surface area contributed by atoms with E-state index in [1.54, 1.807) is 5.01 Å². The van der Waals surface area contributed by atoms with E-state index >= 15 is 0 Å². The maximum absolute atomic E-state index is 6.12. The minimum absolute atomic E-state index is 0.0685. The highest BCUT2D eigenvalue weighted by Crippen LogP contribution is 2.29. The molecule has 1 atom stereocenters. The van der Waals surface area contributed by atoms with E-state index in [0.29, 0.717) is 0 Å². The van der Waals surface area contributed by atoms with Crippen LogP contribution >= 0.6 is 0 Å². The summed E-state index contributed by atoms with van der Waals surface area (Å²) in [5.41, 5.74) is 5.02. The fraction of sp³-hybridized carbons (Fsp3) is 0.300. The van der Waals surface area contributed by atoms with Crippen LogP contribution in [0, 0.1) is 0 Å². The molecule has 2 nitrogen and oxygen atoms in total. The lowest BCUT2D eigenvalue weighted by Crippen LogP contribution is -2.36. The van der Waals surface area contributed by atoms with Gasteiger partial charge in [0.15, 0.2) is 0 Å². The topological polar surface area (TPSA) is 29.3 Å². The summed E-state index contributed by atoms with van der Waals surface area (Å²) in [6.45, 7) is 12.3. The van der Waals surface area contributed by atoms with Crippen molar-refractivity contribution in [3.63, 3.8) is 0 Å². The molecule has 1 aliphatic carbocycles. The van der Waals surface area contributed by atoms with E-state index in [-0.39, 0.29) is 6.04 Å². The van der Waals surface area contributed by atoms with E-state index < -0.39 is 0 Å². The minimum Gasteiger partial charge on any atom is -0.307 e. The third kappa shape index (κ3) is 4.74. The quantitative estimate of drug-likeness (QED) is 0.408. The molecule has 0 aliphatic heterocycles. The molecule has 1 rings (SSSR count). The van der Waals surface area contributed by atoms with E-state index in [1.165, 1.54) is 22.3 Å². The molecule has 2 heteroatoms. The second kappa shape index (κ2) is 9.06. The first kappa shape index (κ1) is 18.0. The van der Waals surface area contributed by atoms with Crippen molar-refractivity contribution in [2.24, 2.45) is 5.84 Å². The van der Waals surface area contributed by atoms with E-state index in [0.717, 1.165) is 6.42 Å². The van der Waals surface area contributed by atoms with Crippen molar-refractivity contribution in [1.82, 2.24) is 5.01 Å². The molecule has 0 heterocycles. The van der Waals surface area contributed by atoms with Crippen LogP contribution < -0.4 is 5.84 Å². The van der Waals surface area contributed by atoms with Crippen LogP contribution in [-0.2, 0) is 0 Å². The summed E-state index contributed by atoms with van der Waals surface area (Å²) in [5, 5.41) is 1.73. The number of nitrogens with two attached hydrogens (primary N) is 1. The first-order valence-electron chi connectivity index (χ1n) is 7.70. The molecule has 0 aromatic heterocycles. The molecule has 22 heavy (non-hydrogen) atoms. The first-order valence-corrected chi connectivity index (χ1v) is 7.70. The van der Waals surface area contributed by atoms with Gasteiger partial charge in [0.25, 0.3) is 0 Å². The van der Waals surface area contributed by atoms with Crippen molar-refractivity contribution in [2.75, 3.05) is 0 Å². The van der Waals surface area contributed by atoms with Crippen molar-refractivity contribution >= 4 is 0 Å². The monoisotopic (exact) mass is 296 g/mol. The van der Waals surface area contributed by atoms with Gasteiger partial charge in [0.05, 0.1) is 6.04 Å². The van der Waals surface area contributed by atoms with Gasteiger partial charge in [0.1, 0.15) is 0 Å². The summed E-state index contributed by atoms with van der Waals surface area (Å²) in [4.78, 5) is 0. The van der Waals surface area contributed by atoms with Gasteiger partial charge in [0.2, 0.25) is 0 Å². The normalized spacial score (nSPS) is 19.8. The Labute approximate surface area is 135 Å². The van der Waals surface area contributed by atoms with E-state index in [9.17, 15) is 0 Å². The second-order valence-electron chi connectivity index (χ2n) is 5.50. The van der Waals surface area contributed by atoms with Crippen LogP contribution in [0.4, 0.5) is 0 Å². The molecule has 1 aliphatic rings. The van der Waals surface area contributed by atoms with Crippen molar-refractivity contribution < 1.29 is 0 Å². The summed E-state index contributed by atoms with van der Waals surface area (Å²) in [6.07, 6.45) is 19.3. The SMILES string of the molecule is C=C/C(C1=CC=CC1N(N)/C=C\C)=C(/C)C/C(C)=C/C=C\C. The lowest BCUT2D eigenvalue weighted by molar-refractivity contribution is 0.369. The Bertz CT molecular complexity index is 569. The van der Waals surface area contributed by atoms with Gasteiger partial charge < -0.3 is 5.01 Å². The van der Waals surface area contributed by atoms with Gasteiger partial charge in [-0.05, 0) is 45.3 Å². The lowest BCUT2D eigenvalue weighted by Gasteiger charge is -2.25. The molecule has 118 valence electrons. The van der Waals surface area contributed by atoms with Crippen molar-refractivity contribution in [3.8, 4) is 0 Å². The van der Waals surface area contributed by atoms with Crippen molar-refractivity contribution in [3.05, 3.63) is 83.7 Å². The second-order valence-corrected chi connectivity index (χ2v) is 5.50. The molecule has 2 N–H and O–H groups in total. The number of rotatable bonds is 7. The smallest absolute Gasteiger partial charge is 0.0884 e. The molecule has 0 aromatic rings. The van der Waals surface area contributed by atoms with Gasteiger partial charge in [-0.1, -0.05) is 66.3 Å². The number of allylic oxidation sites excluding steroid dienone is 9. The van der Waals surface area contributed by atoms with Crippen LogP contribution in [0.25, 0.3) is 0 Å². The Balaban J connectivity index is 3.04. The number of hydrazine groups is 1. The third-order valence-corrected chi connectivity index (χ3v) is 3.62. The largest absolute Gasteiger partial charge is 0.307 e. The highest BCUT2D eigenvalue weighted by atomic mass is 15.4. The number of hydrogen-bond donors (Lipinski definition) is 1. The molecule has 1 unspecified atom stereocenters. The molecule has 0 bridgehead atoms. The van der Waals surface area contributed by atoms with Crippen molar-refractivity contribution in [1.29, 1.82) is 0 Å². The summed E-state index contributed by atoms with van der Waals surface area (Å²) in [7, 11) is 0. The summed E-state index contributed by atoms with van der Waals surface area (Å²) >= 11 is 0. The predicted molar refractivity (Wildman–Crippen MR) is 97.9 cm³/mol. The van der Waals surface area contributed by atoms with Crippen LogP contribution in [0.5, 0.6) is 0 Å². The maximum atomic E-state index is 6.12. The average Bonchev–Trinajstić information content (AvgIpc) is 2.95. The highest BCUT2D eigenvalue weighted by molar-refractivity contribution is 5.52. The van der Waals surface area contributed by atoms with E-state index in [1.807, 2.05) is 38.3 Å². The minimum atomic E-state index is 0.0685. The Hall–Kier alpha value is -2.06. The molecule has 0 saturated carbocycles. The molecular formula is C20H28N2. The Morgan fingerprint density at radius 2 is 2.05 bits per heavy atom. The van der Waals surface area contributed by atoms with Crippen molar-refractivity contribution in [2.45, 2.75) is 40.2 Å². The van der Waals surface area contributed by atoms with E-state index in [2.05, 4.69) is 50.8 Å². The Morgan fingerprint density at radius 3 is 2.64 bits per heavy atom. The zero-order chi connectivity index (χ0) is 16.5. The van der Waals surface area contributed by atoms with Crippen LogP contribution in [0.2, 0.25) is 0 Å². The molecule has 0 spiro atoms. The molecule has 0 aromatic carbocycles. The van der Waals surface area contributed by atoms with Gasteiger partial charge in [-0.25, -0.2) is 5.84 Å². The van der Waals surface area contributed by atoms with Gasteiger partial charge in [-0.2, -0.15) is 0 Å². The first-order chi connectivity index (χ1) is 10.5. The van der Waals surface area contributed by atoms with E-state index in [4.69, 9.17) is 5.84 Å². The Kier molecular flexibility index (Phi) is 7.41. The summed E-state index contributed by atoms with van der Waals surface area (Å²) in [5.74, 6) is 6.12. The average molecular weight is 296 g/mol. The Morgan fingerprint density at radius 1 is 1.32 bits per heavy atom. The van der Waals surface area contributed by atoms with Crippen LogP contribution in [0.1, 0.15) is 34.1 Å². The van der Waals surface area contributed by atoms with Gasteiger partial charge >= 0.3 is 0 Å². The van der Waals surface area contributed by atoms with Gasteiger partial charge in [-0.15, -0.1) is 0 Å². The third-order valence-electron chi connectivity index (χ3n) is 3.62. The molecule has 0 amide bonds. The summed E-state index contributed by atoms with van der Waals surface area (Å²) in [6, 6.07) is 0.0685. The lowest BCUT2D eigenvalue weighted by atomic mass is 9.93. The molecule has 0 saturated heterocycles.